The van der Waals surface area contributed by atoms with Crippen molar-refractivity contribution in [2.24, 2.45) is 11.1 Å². The molecular formula is C20H25N9OS. The third-order valence-corrected chi connectivity index (χ3v) is 4.64. The molecule has 0 aliphatic heterocycles. The van der Waals surface area contributed by atoms with Gasteiger partial charge in [-0.05, 0) is 36.6 Å². The number of nitrogens with two attached hydrogens (primary N) is 2. The monoisotopic (exact) mass is 439 g/mol. The van der Waals surface area contributed by atoms with Crippen molar-refractivity contribution in [3.8, 4) is 23.0 Å². The van der Waals surface area contributed by atoms with Crippen molar-refractivity contribution in [3.05, 3.63) is 42.2 Å². The fourth-order valence-electron chi connectivity index (χ4n) is 2.36. The van der Waals surface area contributed by atoms with E-state index in [1.54, 1.807) is 24.3 Å². The number of aromatic amines is 1. The van der Waals surface area contributed by atoms with Gasteiger partial charge in [-0.3, -0.25) is 0 Å². The van der Waals surface area contributed by atoms with E-state index in [0.29, 0.717) is 45.9 Å². The van der Waals surface area contributed by atoms with Gasteiger partial charge in [0.05, 0.1) is 0 Å². The Morgan fingerprint density at radius 3 is 2.55 bits per heavy atom. The van der Waals surface area contributed by atoms with E-state index in [1.807, 2.05) is 39.2 Å². The quantitative estimate of drug-likeness (QED) is 0.210. The third-order valence-electron chi connectivity index (χ3n) is 4.09. The summed E-state index contributed by atoms with van der Waals surface area (Å²) >= 11 is 1.39. The minimum atomic E-state index is -0.295. The number of nitrogens with zero attached hydrogens (tertiary/aromatic N) is 4. The van der Waals surface area contributed by atoms with Crippen LogP contribution in [0.3, 0.4) is 0 Å². The molecule has 3 aromatic rings. The maximum atomic E-state index is 8.04. The molecule has 0 aliphatic rings. The summed E-state index contributed by atoms with van der Waals surface area (Å²) in [5.74, 6) is 2.56. The number of rotatable bonds is 7. The number of nitrogens with one attached hydrogen (secondary N) is 3. The number of benzene rings is 1. The summed E-state index contributed by atoms with van der Waals surface area (Å²) in [7, 11) is 0. The van der Waals surface area contributed by atoms with E-state index in [9.17, 15) is 0 Å². The molecule has 0 amide bonds. The van der Waals surface area contributed by atoms with Crippen LogP contribution in [0.1, 0.15) is 20.8 Å². The van der Waals surface area contributed by atoms with E-state index in [2.05, 4.69) is 30.5 Å². The van der Waals surface area contributed by atoms with Gasteiger partial charge >= 0.3 is 0 Å². The molecule has 0 saturated heterocycles. The zero-order valence-electron chi connectivity index (χ0n) is 17.7. The average Bonchev–Trinajstić information content (AvgIpc) is 3.15. The Labute approximate surface area is 184 Å². The molecule has 162 valence electrons. The highest BCUT2D eigenvalue weighted by atomic mass is 32.2. The first-order chi connectivity index (χ1) is 14.6. The number of hydrogen-bond acceptors (Lipinski definition) is 10. The van der Waals surface area contributed by atoms with Crippen molar-refractivity contribution < 1.29 is 4.74 Å². The molecule has 0 aliphatic carbocycles. The number of anilines is 2. The zero-order chi connectivity index (χ0) is 22.6. The lowest BCUT2D eigenvalue weighted by molar-refractivity contribution is 0.456. The van der Waals surface area contributed by atoms with E-state index in [-0.39, 0.29) is 5.41 Å². The molecule has 10 nitrogen and oxygen atoms in total. The topological polar surface area (TPSA) is 164 Å². The first kappa shape index (κ1) is 22.1. The summed E-state index contributed by atoms with van der Waals surface area (Å²) in [4.78, 5) is 11.4. The standard InChI is InChI=1S/C20H25N9OS/c1-20(2,3)13(21)9-14(22)24-18-27-17(28-29-18)11-5-7-12(8-6-11)30-16-10-15(23)25-19(26-16)31-4/h5-10,21H,22H2,1-4H3,(H2,23,25,26)(H2,24,27,28,29)/b14-9+,21-13?. The van der Waals surface area contributed by atoms with E-state index in [0.717, 1.165) is 5.56 Å². The molecule has 31 heavy (non-hydrogen) atoms. The second-order valence-electron chi connectivity index (χ2n) is 7.65. The van der Waals surface area contributed by atoms with Crippen molar-refractivity contribution in [3.63, 3.8) is 0 Å². The molecule has 1 aromatic carbocycles. The SMILES string of the molecule is CSc1nc(N)cc(Oc2ccc(-c3nnc(N/C(N)=C/C(=N)C(C)(C)C)[nH]3)cc2)n1. The minimum Gasteiger partial charge on any atom is -0.439 e. The predicted octanol–water partition coefficient (Wildman–Crippen LogP) is 3.64. The van der Waals surface area contributed by atoms with E-state index < -0.39 is 0 Å². The molecule has 0 spiro atoms. The molecule has 2 aromatic heterocycles. The van der Waals surface area contributed by atoms with Gasteiger partial charge in [0.25, 0.3) is 0 Å². The van der Waals surface area contributed by atoms with Crippen LogP contribution < -0.4 is 21.5 Å². The second kappa shape index (κ2) is 9.04. The first-order valence-corrected chi connectivity index (χ1v) is 10.6. The Balaban J connectivity index is 1.68. The van der Waals surface area contributed by atoms with Gasteiger partial charge in [-0.15, -0.1) is 10.2 Å². The summed E-state index contributed by atoms with van der Waals surface area (Å²) in [6.07, 6.45) is 3.43. The van der Waals surface area contributed by atoms with Crippen molar-refractivity contribution in [2.75, 3.05) is 17.3 Å². The number of hydrogen-bond donors (Lipinski definition) is 5. The summed E-state index contributed by atoms with van der Waals surface area (Å²) in [6, 6.07) is 8.84. The van der Waals surface area contributed by atoms with Crippen LogP contribution in [0.15, 0.2) is 47.4 Å². The smallest absolute Gasteiger partial charge is 0.227 e. The van der Waals surface area contributed by atoms with Crippen LogP contribution in [-0.4, -0.2) is 37.1 Å². The Hall–Kier alpha value is -3.60. The summed E-state index contributed by atoms with van der Waals surface area (Å²) < 4.78 is 5.77. The number of thioether (sulfide) groups is 1. The Morgan fingerprint density at radius 1 is 1.19 bits per heavy atom. The molecule has 3 rings (SSSR count). The maximum absolute atomic E-state index is 8.04. The Morgan fingerprint density at radius 2 is 1.90 bits per heavy atom. The maximum Gasteiger partial charge on any atom is 0.227 e. The molecule has 0 fully saturated rings. The Kier molecular flexibility index (Phi) is 6.44. The van der Waals surface area contributed by atoms with E-state index in [1.165, 1.54) is 11.8 Å². The van der Waals surface area contributed by atoms with Crippen LogP contribution in [0, 0.1) is 10.8 Å². The van der Waals surface area contributed by atoms with Gasteiger partial charge in [0.2, 0.25) is 11.8 Å². The lowest BCUT2D eigenvalue weighted by Crippen LogP contribution is -2.20. The van der Waals surface area contributed by atoms with Crippen molar-refractivity contribution >= 4 is 29.2 Å². The molecule has 0 bridgehead atoms. The van der Waals surface area contributed by atoms with Gasteiger partial charge in [0.1, 0.15) is 17.4 Å². The minimum absolute atomic E-state index is 0.295. The van der Waals surface area contributed by atoms with Gasteiger partial charge in [0.15, 0.2) is 11.0 Å². The average molecular weight is 440 g/mol. The largest absolute Gasteiger partial charge is 0.439 e. The summed E-state index contributed by atoms with van der Waals surface area (Å²) in [6.45, 7) is 5.83. The molecular weight excluding hydrogens is 414 g/mol. The highest BCUT2D eigenvalue weighted by Gasteiger charge is 2.15. The normalized spacial score (nSPS) is 11.9. The molecule has 0 unspecified atom stereocenters. The molecule has 2 heterocycles. The highest BCUT2D eigenvalue weighted by molar-refractivity contribution is 7.98. The first-order valence-electron chi connectivity index (χ1n) is 9.37. The number of ether oxygens (including phenoxy) is 1. The van der Waals surface area contributed by atoms with Gasteiger partial charge < -0.3 is 31.9 Å². The number of nitrogen functional groups attached to an aromatic ring is 1. The molecule has 0 saturated carbocycles. The summed E-state index contributed by atoms with van der Waals surface area (Å²) in [5, 5.41) is 19.7. The molecule has 0 radical (unpaired) electrons. The number of H-pyrrole nitrogens is 1. The summed E-state index contributed by atoms with van der Waals surface area (Å²) in [5.41, 5.74) is 12.7. The van der Waals surface area contributed by atoms with Crippen molar-refractivity contribution in [1.82, 2.24) is 25.1 Å². The van der Waals surface area contributed by atoms with Gasteiger partial charge in [-0.25, -0.2) is 4.98 Å². The second-order valence-corrected chi connectivity index (χ2v) is 8.43. The fraction of sp³-hybridized carbons (Fsp3) is 0.250. The lowest BCUT2D eigenvalue weighted by atomic mass is 9.90. The fourth-order valence-corrected chi connectivity index (χ4v) is 2.74. The highest BCUT2D eigenvalue weighted by Crippen LogP contribution is 2.26. The van der Waals surface area contributed by atoms with E-state index in [4.69, 9.17) is 21.6 Å². The lowest BCUT2D eigenvalue weighted by Gasteiger charge is -2.17. The molecule has 7 N–H and O–H groups in total. The predicted molar refractivity (Wildman–Crippen MR) is 123 cm³/mol. The van der Waals surface area contributed by atoms with Crippen LogP contribution in [0.4, 0.5) is 11.8 Å². The van der Waals surface area contributed by atoms with Crippen LogP contribution >= 0.6 is 11.8 Å². The molecule has 11 heteroatoms. The van der Waals surface area contributed by atoms with Gasteiger partial charge in [-0.1, -0.05) is 32.5 Å². The van der Waals surface area contributed by atoms with Crippen LogP contribution in [0.25, 0.3) is 11.4 Å². The van der Waals surface area contributed by atoms with Gasteiger partial charge in [-0.2, -0.15) is 4.98 Å². The van der Waals surface area contributed by atoms with E-state index >= 15 is 0 Å². The van der Waals surface area contributed by atoms with Crippen LogP contribution in [0.5, 0.6) is 11.6 Å². The van der Waals surface area contributed by atoms with Crippen molar-refractivity contribution in [1.29, 1.82) is 5.41 Å². The van der Waals surface area contributed by atoms with Gasteiger partial charge in [0, 0.05) is 22.8 Å². The van der Waals surface area contributed by atoms with Crippen LogP contribution in [0.2, 0.25) is 0 Å². The third kappa shape index (κ3) is 5.95. The number of allylic oxidation sites excluding steroid dienone is 1. The van der Waals surface area contributed by atoms with Crippen molar-refractivity contribution in [2.45, 2.75) is 25.9 Å². The molecule has 0 atom stereocenters. The number of aromatic nitrogens is 5. The van der Waals surface area contributed by atoms with Crippen LogP contribution in [-0.2, 0) is 0 Å². The zero-order valence-corrected chi connectivity index (χ0v) is 18.5. The Bertz CT molecular complexity index is 1100.